The maximum absolute atomic E-state index is 12.3. The summed E-state index contributed by atoms with van der Waals surface area (Å²) in [5.41, 5.74) is 2.84. The molecule has 0 aromatic heterocycles. The van der Waals surface area contributed by atoms with Gasteiger partial charge in [0.25, 0.3) is 5.91 Å². The molecule has 0 spiro atoms. The molecule has 6 nitrogen and oxygen atoms in total. The van der Waals surface area contributed by atoms with Crippen molar-refractivity contribution in [1.29, 1.82) is 0 Å². The van der Waals surface area contributed by atoms with E-state index in [0.29, 0.717) is 22.8 Å². The number of nitrogens with one attached hydrogen (secondary N) is 2. The van der Waals surface area contributed by atoms with E-state index < -0.39 is 0 Å². The van der Waals surface area contributed by atoms with Crippen molar-refractivity contribution in [1.82, 2.24) is 5.01 Å². The molecule has 0 aliphatic carbocycles. The average Bonchev–Trinajstić information content (AvgIpc) is 2.66. The van der Waals surface area contributed by atoms with E-state index in [-0.39, 0.29) is 24.3 Å². The lowest BCUT2D eigenvalue weighted by Gasteiger charge is -2.19. The maximum Gasteiger partial charge on any atom is 0.271 e. The average molecular weight is 385 g/mol. The van der Waals surface area contributed by atoms with Crippen LogP contribution in [0.3, 0.4) is 0 Å². The SMILES string of the molecule is CC(Nc1ccc(NC(=O)C2=NN(C)C(=O)CC2)cc1Cl)c1ccccc1. The summed E-state index contributed by atoms with van der Waals surface area (Å²) in [5, 5.41) is 11.9. The molecule has 1 aliphatic rings. The number of nitrogens with zero attached hydrogens (tertiary/aromatic N) is 2. The summed E-state index contributed by atoms with van der Waals surface area (Å²) >= 11 is 6.38. The molecular weight excluding hydrogens is 364 g/mol. The van der Waals surface area contributed by atoms with Gasteiger partial charge in [0, 0.05) is 31.6 Å². The predicted octanol–water partition coefficient (Wildman–Crippen LogP) is 4.06. The summed E-state index contributed by atoms with van der Waals surface area (Å²) < 4.78 is 0. The highest BCUT2D eigenvalue weighted by Gasteiger charge is 2.22. The minimum Gasteiger partial charge on any atom is -0.377 e. The lowest BCUT2D eigenvalue weighted by atomic mass is 10.1. The summed E-state index contributed by atoms with van der Waals surface area (Å²) in [4.78, 5) is 23.8. The molecule has 0 saturated heterocycles. The Bertz CT molecular complexity index is 883. The molecule has 0 radical (unpaired) electrons. The van der Waals surface area contributed by atoms with Crippen LogP contribution in [-0.4, -0.2) is 29.6 Å². The van der Waals surface area contributed by atoms with Gasteiger partial charge in [-0.3, -0.25) is 9.59 Å². The van der Waals surface area contributed by atoms with Crippen molar-refractivity contribution in [3.8, 4) is 0 Å². The van der Waals surface area contributed by atoms with E-state index in [4.69, 9.17) is 11.6 Å². The van der Waals surface area contributed by atoms with Gasteiger partial charge in [-0.1, -0.05) is 41.9 Å². The topological polar surface area (TPSA) is 73.8 Å². The van der Waals surface area contributed by atoms with Gasteiger partial charge in [-0.15, -0.1) is 0 Å². The number of hydrogen-bond acceptors (Lipinski definition) is 4. The maximum atomic E-state index is 12.3. The zero-order valence-electron chi connectivity index (χ0n) is 15.2. The number of halogens is 1. The van der Waals surface area contributed by atoms with Crippen LogP contribution in [-0.2, 0) is 9.59 Å². The standard InChI is InChI=1S/C20H21ClN4O2/c1-13(14-6-4-3-5-7-14)22-17-9-8-15(12-16(17)21)23-20(27)18-10-11-19(26)25(2)24-18/h3-9,12-13,22H,10-11H2,1-2H3,(H,23,27). The van der Waals surface area contributed by atoms with Crippen molar-refractivity contribution >= 4 is 40.5 Å². The van der Waals surface area contributed by atoms with E-state index in [0.717, 1.165) is 11.3 Å². The number of rotatable bonds is 5. The first-order valence-corrected chi connectivity index (χ1v) is 9.08. The van der Waals surface area contributed by atoms with E-state index >= 15 is 0 Å². The summed E-state index contributed by atoms with van der Waals surface area (Å²) in [5.74, 6) is -0.429. The second kappa shape index (κ2) is 8.22. The van der Waals surface area contributed by atoms with Crippen LogP contribution in [0.4, 0.5) is 11.4 Å². The molecule has 27 heavy (non-hydrogen) atoms. The molecule has 1 unspecified atom stereocenters. The van der Waals surface area contributed by atoms with Gasteiger partial charge in [0.1, 0.15) is 5.71 Å². The molecule has 0 saturated carbocycles. The van der Waals surface area contributed by atoms with Crippen molar-refractivity contribution in [2.24, 2.45) is 5.10 Å². The molecule has 2 amide bonds. The van der Waals surface area contributed by atoms with Crippen LogP contribution in [0.15, 0.2) is 53.6 Å². The predicted molar refractivity (Wildman–Crippen MR) is 108 cm³/mol. The Balaban J connectivity index is 1.67. The minimum atomic E-state index is -0.330. The molecule has 2 N–H and O–H groups in total. The van der Waals surface area contributed by atoms with Gasteiger partial charge in [-0.2, -0.15) is 5.10 Å². The number of carbonyl (C=O) groups excluding carboxylic acids is 2. The molecule has 1 aliphatic heterocycles. The Labute approximate surface area is 163 Å². The number of benzene rings is 2. The summed E-state index contributed by atoms with van der Waals surface area (Å²) in [6.45, 7) is 2.06. The normalized spacial score (nSPS) is 15.1. The second-order valence-electron chi connectivity index (χ2n) is 6.39. The molecule has 2 aromatic carbocycles. The lowest BCUT2D eigenvalue weighted by molar-refractivity contribution is -0.130. The molecule has 0 bridgehead atoms. The molecule has 1 heterocycles. The van der Waals surface area contributed by atoms with Crippen LogP contribution in [0.5, 0.6) is 0 Å². The highest BCUT2D eigenvalue weighted by Crippen LogP contribution is 2.29. The van der Waals surface area contributed by atoms with Crippen LogP contribution in [0, 0.1) is 0 Å². The Morgan fingerprint density at radius 3 is 2.59 bits per heavy atom. The first-order valence-electron chi connectivity index (χ1n) is 8.70. The smallest absolute Gasteiger partial charge is 0.271 e. The summed E-state index contributed by atoms with van der Waals surface area (Å²) in [6, 6.07) is 15.5. The van der Waals surface area contributed by atoms with Crippen LogP contribution in [0.1, 0.15) is 31.4 Å². The summed E-state index contributed by atoms with van der Waals surface area (Å²) in [7, 11) is 1.54. The fraction of sp³-hybridized carbons (Fsp3) is 0.250. The van der Waals surface area contributed by atoms with Gasteiger partial charge in [-0.25, -0.2) is 5.01 Å². The zero-order chi connectivity index (χ0) is 19.4. The first-order chi connectivity index (χ1) is 12.9. The number of hydrazone groups is 1. The second-order valence-corrected chi connectivity index (χ2v) is 6.80. The third-order valence-corrected chi connectivity index (χ3v) is 4.68. The molecule has 0 fully saturated rings. The van der Waals surface area contributed by atoms with Crippen molar-refractivity contribution < 1.29 is 9.59 Å². The number of amides is 2. The van der Waals surface area contributed by atoms with Crippen LogP contribution < -0.4 is 10.6 Å². The van der Waals surface area contributed by atoms with Gasteiger partial charge in [0.2, 0.25) is 5.91 Å². The lowest BCUT2D eigenvalue weighted by Crippen LogP contribution is -2.34. The Morgan fingerprint density at radius 1 is 1.19 bits per heavy atom. The van der Waals surface area contributed by atoms with Crippen molar-refractivity contribution in [3.05, 3.63) is 59.1 Å². The Hall–Kier alpha value is -2.86. The Morgan fingerprint density at radius 2 is 1.93 bits per heavy atom. The van der Waals surface area contributed by atoms with Crippen LogP contribution >= 0.6 is 11.6 Å². The molecular formula is C20H21ClN4O2. The zero-order valence-corrected chi connectivity index (χ0v) is 16.0. The van der Waals surface area contributed by atoms with Gasteiger partial charge < -0.3 is 10.6 Å². The highest BCUT2D eigenvalue weighted by molar-refractivity contribution is 6.43. The molecule has 3 rings (SSSR count). The van der Waals surface area contributed by atoms with Gasteiger partial charge in [0.15, 0.2) is 0 Å². The quantitative estimate of drug-likeness (QED) is 0.816. The van der Waals surface area contributed by atoms with Crippen LogP contribution in [0.25, 0.3) is 0 Å². The van der Waals surface area contributed by atoms with Gasteiger partial charge in [-0.05, 0) is 30.7 Å². The molecule has 7 heteroatoms. The number of anilines is 2. The monoisotopic (exact) mass is 384 g/mol. The van der Waals surface area contributed by atoms with E-state index in [9.17, 15) is 9.59 Å². The summed E-state index contributed by atoms with van der Waals surface area (Å²) in [6.07, 6.45) is 0.612. The first kappa shape index (κ1) is 18.9. The van der Waals surface area contributed by atoms with E-state index in [1.54, 1.807) is 19.2 Å². The van der Waals surface area contributed by atoms with Crippen molar-refractivity contribution in [2.75, 3.05) is 17.7 Å². The minimum absolute atomic E-state index is 0.0915. The molecule has 140 valence electrons. The third kappa shape index (κ3) is 4.65. The fourth-order valence-electron chi connectivity index (χ4n) is 2.80. The fourth-order valence-corrected chi connectivity index (χ4v) is 3.04. The van der Waals surface area contributed by atoms with Crippen LogP contribution in [0.2, 0.25) is 5.02 Å². The van der Waals surface area contributed by atoms with E-state index in [1.165, 1.54) is 5.01 Å². The molecule has 1 atom stereocenters. The van der Waals surface area contributed by atoms with E-state index in [2.05, 4.69) is 22.7 Å². The molecule has 2 aromatic rings. The number of hydrogen-bond donors (Lipinski definition) is 2. The highest BCUT2D eigenvalue weighted by atomic mass is 35.5. The van der Waals surface area contributed by atoms with Gasteiger partial charge in [0.05, 0.1) is 10.7 Å². The van der Waals surface area contributed by atoms with Crippen molar-refractivity contribution in [3.63, 3.8) is 0 Å². The van der Waals surface area contributed by atoms with Crippen molar-refractivity contribution in [2.45, 2.75) is 25.8 Å². The number of carbonyl (C=O) groups is 2. The van der Waals surface area contributed by atoms with E-state index in [1.807, 2.05) is 36.4 Å². The third-order valence-electron chi connectivity index (χ3n) is 4.37. The van der Waals surface area contributed by atoms with Gasteiger partial charge >= 0.3 is 0 Å². The Kier molecular flexibility index (Phi) is 5.76. The largest absolute Gasteiger partial charge is 0.377 e.